The Morgan fingerprint density at radius 2 is 1.79 bits per heavy atom. The average Bonchev–Trinajstić information content (AvgIpc) is 2.49. The Morgan fingerprint density at radius 1 is 1.00 bits per heavy atom. The van der Waals surface area contributed by atoms with Crippen LogP contribution in [-0.4, -0.2) is 13.4 Å². The predicted molar refractivity (Wildman–Crippen MR) is 85.1 cm³/mol. The van der Waals surface area contributed by atoms with Gasteiger partial charge in [0.1, 0.15) is 11.6 Å². The Kier molecular flexibility index (Phi) is 4.04. The Balaban J connectivity index is 1.88. The van der Waals surface area contributed by atoms with E-state index in [2.05, 4.69) is 14.5 Å². The highest BCUT2D eigenvalue weighted by atomic mass is 32.2. The molecule has 3 aromatic rings. The molecule has 3 N–H and O–H groups in total. The molecule has 0 saturated carbocycles. The van der Waals surface area contributed by atoms with Crippen molar-refractivity contribution in [1.82, 2.24) is 4.98 Å². The maximum absolute atomic E-state index is 13.2. The lowest BCUT2D eigenvalue weighted by molar-refractivity contribution is 0.488. The maximum atomic E-state index is 13.2. The normalized spacial score (nSPS) is 11.5. The highest BCUT2D eigenvalue weighted by molar-refractivity contribution is 7.84. The van der Waals surface area contributed by atoms with Crippen molar-refractivity contribution in [3.8, 4) is 5.75 Å². The lowest BCUT2D eigenvalue weighted by Gasteiger charge is -2.08. The van der Waals surface area contributed by atoms with Crippen LogP contribution in [0.4, 0.5) is 20.3 Å². The van der Waals surface area contributed by atoms with Crippen LogP contribution in [0.1, 0.15) is 0 Å². The third-order valence-corrected chi connectivity index (χ3v) is 3.49. The number of nitrogens with one attached hydrogen (secondary N) is 1. The number of pyridine rings is 1. The van der Waals surface area contributed by atoms with E-state index >= 15 is 0 Å². The van der Waals surface area contributed by atoms with Gasteiger partial charge in [0.05, 0.1) is 5.52 Å². The van der Waals surface area contributed by atoms with Crippen molar-refractivity contribution in [2.75, 3.05) is 5.32 Å². The summed E-state index contributed by atoms with van der Waals surface area (Å²) in [5.41, 5.74) is 0.888. The molecule has 24 heavy (non-hydrogen) atoms. The van der Waals surface area contributed by atoms with Crippen molar-refractivity contribution in [2.24, 2.45) is 5.14 Å². The van der Waals surface area contributed by atoms with Gasteiger partial charge in [-0.2, -0.15) is 13.6 Å². The smallest absolute Gasteiger partial charge is 0.371 e. The molecule has 0 aliphatic carbocycles. The second-order valence-corrected chi connectivity index (χ2v) is 6.03. The quantitative estimate of drug-likeness (QED) is 0.754. The van der Waals surface area contributed by atoms with Crippen molar-refractivity contribution in [2.45, 2.75) is 0 Å². The Bertz CT molecular complexity index is 1030. The Labute approximate surface area is 136 Å². The van der Waals surface area contributed by atoms with Crippen LogP contribution in [0.15, 0.2) is 48.5 Å². The molecule has 124 valence electrons. The third-order valence-electron chi connectivity index (χ3n) is 3.07. The SMILES string of the molecule is NS(=O)(=O)Oc1ccc2nc(Nc3ccc(F)c(F)c3)ccc2c1. The zero-order valence-corrected chi connectivity index (χ0v) is 12.8. The van der Waals surface area contributed by atoms with Gasteiger partial charge in [0.25, 0.3) is 0 Å². The van der Waals surface area contributed by atoms with E-state index in [1.54, 1.807) is 18.2 Å². The number of nitrogens with zero attached hydrogens (tertiary/aromatic N) is 1. The van der Waals surface area contributed by atoms with Crippen molar-refractivity contribution in [1.29, 1.82) is 0 Å². The summed E-state index contributed by atoms with van der Waals surface area (Å²) >= 11 is 0. The van der Waals surface area contributed by atoms with E-state index in [0.717, 1.165) is 12.1 Å². The number of benzene rings is 2. The van der Waals surface area contributed by atoms with Crippen molar-refractivity contribution >= 4 is 32.7 Å². The summed E-state index contributed by atoms with van der Waals surface area (Å²) in [5, 5.41) is 8.28. The van der Waals surface area contributed by atoms with Crippen LogP contribution in [0, 0.1) is 11.6 Å². The zero-order valence-electron chi connectivity index (χ0n) is 12.0. The molecule has 0 atom stereocenters. The molecule has 2 aromatic carbocycles. The van der Waals surface area contributed by atoms with Gasteiger partial charge in [-0.3, -0.25) is 0 Å². The van der Waals surface area contributed by atoms with Gasteiger partial charge < -0.3 is 9.50 Å². The van der Waals surface area contributed by atoms with Gasteiger partial charge in [-0.05, 0) is 42.5 Å². The fourth-order valence-corrected chi connectivity index (χ4v) is 2.45. The summed E-state index contributed by atoms with van der Waals surface area (Å²) < 4.78 is 52.6. The van der Waals surface area contributed by atoms with E-state index < -0.39 is 21.9 Å². The van der Waals surface area contributed by atoms with Gasteiger partial charge in [0, 0.05) is 17.1 Å². The maximum Gasteiger partial charge on any atom is 0.380 e. The predicted octanol–water partition coefficient (Wildman–Crippen LogP) is 2.84. The molecule has 0 bridgehead atoms. The minimum atomic E-state index is -4.10. The summed E-state index contributed by atoms with van der Waals surface area (Å²) in [5.74, 6) is -1.43. The summed E-state index contributed by atoms with van der Waals surface area (Å²) in [4.78, 5) is 4.30. The first kappa shape index (κ1) is 16.1. The first-order chi connectivity index (χ1) is 11.3. The van der Waals surface area contributed by atoms with Crippen LogP contribution in [-0.2, 0) is 10.3 Å². The number of fused-ring (bicyclic) bond motifs is 1. The van der Waals surface area contributed by atoms with Crippen LogP contribution in [0.25, 0.3) is 10.9 Å². The lowest BCUT2D eigenvalue weighted by atomic mass is 10.2. The van der Waals surface area contributed by atoms with E-state index in [4.69, 9.17) is 5.14 Å². The number of halogens is 2. The molecule has 9 heteroatoms. The van der Waals surface area contributed by atoms with Crippen LogP contribution in [0.5, 0.6) is 5.75 Å². The van der Waals surface area contributed by atoms with Crippen LogP contribution < -0.4 is 14.6 Å². The van der Waals surface area contributed by atoms with E-state index in [9.17, 15) is 17.2 Å². The molecule has 3 rings (SSSR count). The van der Waals surface area contributed by atoms with E-state index in [1.807, 2.05) is 0 Å². The number of rotatable bonds is 4. The molecule has 0 fully saturated rings. The van der Waals surface area contributed by atoms with E-state index in [1.165, 1.54) is 18.2 Å². The molecule has 0 aliphatic heterocycles. The highest BCUT2D eigenvalue weighted by Crippen LogP contribution is 2.24. The zero-order chi connectivity index (χ0) is 17.3. The molecule has 0 unspecified atom stereocenters. The van der Waals surface area contributed by atoms with Crippen LogP contribution in [0.2, 0.25) is 0 Å². The number of aromatic nitrogens is 1. The summed E-state index contributed by atoms with van der Waals surface area (Å²) in [6.07, 6.45) is 0. The monoisotopic (exact) mass is 351 g/mol. The Morgan fingerprint density at radius 3 is 2.50 bits per heavy atom. The molecule has 0 radical (unpaired) electrons. The van der Waals surface area contributed by atoms with Gasteiger partial charge in [0.15, 0.2) is 11.6 Å². The van der Waals surface area contributed by atoms with Gasteiger partial charge >= 0.3 is 10.3 Å². The first-order valence-electron chi connectivity index (χ1n) is 6.65. The van der Waals surface area contributed by atoms with Gasteiger partial charge in [-0.25, -0.2) is 13.8 Å². The molecule has 6 nitrogen and oxygen atoms in total. The van der Waals surface area contributed by atoms with Gasteiger partial charge in [0.2, 0.25) is 0 Å². The Hall–Kier alpha value is -2.78. The van der Waals surface area contributed by atoms with Crippen LogP contribution >= 0.6 is 0 Å². The fourth-order valence-electron chi connectivity index (χ4n) is 2.08. The second kappa shape index (κ2) is 6.02. The third kappa shape index (κ3) is 3.76. The molecular weight excluding hydrogens is 340 g/mol. The van der Waals surface area contributed by atoms with Gasteiger partial charge in [-0.1, -0.05) is 0 Å². The molecule has 0 aliphatic rings. The highest BCUT2D eigenvalue weighted by Gasteiger charge is 2.07. The number of hydrogen-bond acceptors (Lipinski definition) is 5. The number of hydrogen-bond donors (Lipinski definition) is 2. The first-order valence-corrected chi connectivity index (χ1v) is 8.12. The summed E-state index contributed by atoms with van der Waals surface area (Å²) in [6, 6.07) is 11.1. The average molecular weight is 351 g/mol. The number of nitrogens with two attached hydrogens (primary N) is 1. The molecule has 0 saturated heterocycles. The van der Waals surface area contributed by atoms with Crippen LogP contribution in [0.3, 0.4) is 0 Å². The molecule has 0 spiro atoms. The van der Waals surface area contributed by atoms with E-state index in [0.29, 0.717) is 22.4 Å². The number of anilines is 2. The fraction of sp³-hybridized carbons (Fsp3) is 0. The van der Waals surface area contributed by atoms with Crippen molar-refractivity contribution in [3.05, 3.63) is 60.2 Å². The largest absolute Gasteiger partial charge is 0.380 e. The molecule has 1 aromatic heterocycles. The van der Waals surface area contributed by atoms with Gasteiger partial charge in [-0.15, -0.1) is 0 Å². The lowest BCUT2D eigenvalue weighted by Crippen LogP contribution is -2.18. The topological polar surface area (TPSA) is 94.3 Å². The van der Waals surface area contributed by atoms with E-state index in [-0.39, 0.29) is 5.75 Å². The molecule has 0 amide bonds. The minimum absolute atomic E-state index is 0.0631. The summed E-state index contributed by atoms with van der Waals surface area (Å²) in [7, 11) is -4.10. The second-order valence-electron chi connectivity index (χ2n) is 4.88. The summed E-state index contributed by atoms with van der Waals surface area (Å²) in [6.45, 7) is 0. The minimum Gasteiger partial charge on any atom is -0.371 e. The van der Waals surface area contributed by atoms with Crippen molar-refractivity contribution in [3.63, 3.8) is 0 Å². The van der Waals surface area contributed by atoms with Crippen molar-refractivity contribution < 1.29 is 21.4 Å². The molecule has 1 heterocycles. The standard InChI is InChI=1S/C15H11F2N3O3S/c16-12-4-2-10(8-13(12)17)19-15-6-1-9-7-11(23-24(18,21)22)3-5-14(9)20-15/h1-8H,(H,19,20)(H2,18,21,22). The molecular formula is C15H11F2N3O3S.